The Kier molecular flexibility index (Phi) is 6.85. The summed E-state index contributed by atoms with van der Waals surface area (Å²) < 4.78 is 13.1. The van der Waals surface area contributed by atoms with Crippen molar-refractivity contribution >= 4 is 60.8 Å². The molecule has 8 heteroatoms. The van der Waals surface area contributed by atoms with E-state index >= 15 is 0 Å². The van der Waals surface area contributed by atoms with E-state index in [0.717, 1.165) is 31.8 Å². The Bertz CT molecular complexity index is 944. The number of hydrogen-bond acceptors (Lipinski definition) is 5. The third-order valence-corrected chi connectivity index (χ3v) is 6.19. The molecule has 146 valence electrons. The van der Waals surface area contributed by atoms with Crippen molar-refractivity contribution in [1.82, 2.24) is 4.90 Å². The number of methoxy groups -OCH3 is 1. The van der Waals surface area contributed by atoms with Crippen LogP contribution < -0.4 is 9.47 Å². The second-order valence-electron chi connectivity index (χ2n) is 5.87. The van der Waals surface area contributed by atoms with Gasteiger partial charge in [-0.15, -0.1) is 0 Å². The maximum absolute atomic E-state index is 12.3. The number of halogens is 2. The number of hydrogen-bond donors (Lipinski definition) is 0. The number of carbonyl (C=O) groups excluding carboxylic acids is 2. The van der Waals surface area contributed by atoms with Crippen molar-refractivity contribution in [3.05, 3.63) is 61.4 Å². The van der Waals surface area contributed by atoms with Crippen molar-refractivity contribution in [2.45, 2.75) is 13.5 Å². The molecule has 28 heavy (non-hydrogen) atoms. The molecule has 0 aliphatic carbocycles. The number of imide groups is 1. The number of thioether (sulfide) groups is 1. The zero-order valence-electron chi connectivity index (χ0n) is 15.2. The standard InChI is InChI=1S/C20H17Br2NO4S/c1-3-23-19(24)18(28-20(23)25)9-13-8-16(26-2)17(10-15(13)22)27-11-12-4-6-14(21)7-5-12/h4-10H,3,11H2,1-2H3/b18-9+. The average molecular weight is 527 g/mol. The molecule has 0 aromatic heterocycles. The normalized spacial score (nSPS) is 15.4. The van der Waals surface area contributed by atoms with Gasteiger partial charge in [0, 0.05) is 15.5 Å². The average Bonchev–Trinajstić information content (AvgIpc) is 2.95. The van der Waals surface area contributed by atoms with E-state index in [2.05, 4.69) is 31.9 Å². The first-order valence-electron chi connectivity index (χ1n) is 8.43. The summed E-state index contributed by atoms with van der Waals surface area (Å²) in [6, 6.07) is 11.4. The van der Waals surface area contributed by atoms with E-state index in [-0.39, 0.29) is 11.1 Å². The van der Waals surface area contributed by atoms with Crippen LogP contribution in [0.2, 0.25) is 0 Å². The van der Waals surface area contributed by atoms with Crippen molar-refractivity contribution in [1.29, 1.82) is 0 Å². The highest BCUT2D eigenvalue weighted by Gasteiger charge is 2.33. The summed E-state index contributed by atoms with van der Waals surface area (Å²) in [6.07, 6.45) is 1.69. The molecule has 1 saturated heterocycles. The van der Waals surface area contributed by atoms with Crippen LogP contribution in [0.1, 0.15) is 18.1 Å². The van der Waals surface area contributed by atoms with E-state index in [1.807, 2.05) is 24.3 Å². The van der Waals surface area contributed by atoms with Crippen LogP contribution in [0.3, 0.4) is 0 Å². The first-order chi connectivity index (χ1) is 13.4. The van der Waals surface area contributed by atoms with Crippen molar-refractivity contribution in [3.8, 4) is 11.5 Å². The monoisotopic (exact) mass is 525 g/mol. The van der Waals surface area contributed by atoms with Gasteiger partial charge in [-0.05, 0) is 60.2 Å². The van der Waals surface area contributed by atoms with Gasteiger partial charge in [0.2, 0.25) is 0 Å². The lowest BCUT2D eigenvalue weighted by molar-refractivity contribution is -0.122. The van der Waals surface area contributed by atoms with E-state index in [4.69, 9.17) is 9.47 Å². The minimum absolute atomic E-state index is 0.253. The van der Waals surface area contributed by atoms with Crippen LogP contribution >= 0.6 is 43.6 Å². The van der Waals surface area contributed by atoms with Gasteiger partial charge in [-0.3, -0.25) is 14.5 Å². The van der Waals surface area contributed by atoms with Crippen molar-refractivity contribution in [3.63, 3.8) is 0 Å². The lowest BCUT2D eigenvalue weighted by atomic mass is 10.1. The fraction of sp³-hybridized carbons (Fsp3) is 0.200. The summed E-state index contributed by atoms with van der Waals surface area (Å²) in [5.41, 5.74) is 1.76. The summed E-state index contributed by atoms with van der Waals surface area (Å²) >= 11 is 7.86. The molecule has 0 N–H and O–H groups in total. The summed E-state index contributed by atoms with van der Waals surface area (Å²) in [5, 5.41) is -0.253. The number of rotatable bonds is 6. The Morgan fingerprint density at radius 2 is 1.82 bits per heavy atom. The van der Waals surface area contributed by atoms with Gasteiger partial charge in [0.15, 0.2) is 11.5 Å². The van der Waals surface area contributed by atoms with Crippen LogP contribution in [-0.4, -0.2) is 29.7 Å². The molecular weight excluding hydrogens is 510 g/mol. The molecule has 1 aliphatic rings. The van der Waals surface area contributed by atoms with Gasteiger partial charge < -0.3 is 9.47 Å². The second-order valence-corrected chi connectivity index (χ2v) is 8.63. The highest BCUT2D eigenvalue weighted by atomic mass is 79.9. The highest BCUT2D eigenvalue weighted by Crippen LogP contribution is 2.38. The second kappa shape index (κ2) is 9.15. The quantitative estimate of drug-likeness (QED) is 0.441. The molecule has 2 aromatic carbocycles. The first-order valence-corrected chi connectivity index (χ1v) is 10.8. The molecule has 0 bridgehead atoms. The lowest BCUT2D eigenvalue weighted by Gasteiger charge is -2.13. The van der Waals surface area contributed by atoms with Gasteiger partial charge in [0.1, 0.15) is 6.61 Å². The maximum Gasteiger partial charge on any atom is 0.293 e. The van der Waals surface area contributed by atoms with Gasteiger partial charge in [0.25, 0.3) is 11.1 Å². The molecule has 1 heterocycles. The van der Waals surface area contributed by atoms with Crippen LogP contribution in [0.15, 0.2) is 50.2 Å². The molecule has 1 fully saturated rings. The fourth-order valence-electron chi connectivity index (χ4n) is 2.59. The molecule has 0 spiro atoms. The largest absolute Gasteiger partial charge is 0.493 e. The Hall–Kier alpha value is -1.77. The third kappa shape index (κ3) is 4.61. The predicted octanol–water partition coefficient (Wildman–Crippen LogP) is 5.86. The fourth-order valence-corrected chi connectivity index (χ4v) is 4.18. The van der Waals surface area contributed by atoms with Gasteiger partial charge in [-0.1, -0.05) is 44.0 Å². The molecule has 5 nitrogen and oxygen atoms in total. The summed E-state index contributed by atoms with van der Waals surface area (Å²) in [5.74, 6) is 0.844. The van der Waals surface area contributed by atoms with Crippen LogP contribution in [0.5, 0.6) is 11.5 Å². The topological polar surface area (TPSA) is 55.8 Å². The predicted molar refractivity (Wildman–Crippen MR) is 118 cm³/mol. The minimum atomic E-state index is -0.279. The first kappa shape index (κ1) is 21.0. The smallest absolute Gasteiger partial charge is 0.293 e. The van der Waals surface area contributed by atoms with Crippen LogP contribution in [-0.2, 0) is 11.4 Å². The van der Waals surface area contributed by atoms with Crippen molar-refractivity contribution in [2.24, 2.45) is 0 Å². The number of nitrogens with zero attached hydrogens (tertiary/aromatic N) is 1. The van der Waals surface area contributed by atoms with Gasteiger partial charge in [0.05, 0.1) is 12.0 Å². The van der Waals surface area contributed by atoms with E-state index in [1.165, 1.54) is 4.90 Å². The molecule has 0 radical (unpaired) electrons. The lowest BCUT2D eigenvalue weighted by Crippen LogP contribution is -2.27. The van der Waals surface area contributed by atoms with Gasteiger partial charge in [-0.2, -0.15) is 0 Å². The molecule has 1 aliphatic heterocycles. The molecule has 3 rings (SSSR count). The van der Waals surface area contributed by atoms with Crippen LogP contribution in [0, 0.1) is 0 Å². The molecule has 2 amide bonds. The Balaban J connectivity index is 1.83. The van der Waals surface area contributed by atoms with Gasteiger partial charge in [-0.25, -0.2) is 0 Å². The van der Waals surface area contributed by atoms with E-state index < -0.39 is 0 Å². The maximum atomic E-state index is 12.3. The summed E-state index contributed by atoms with van der Waals surface area (Å²) in [6.45, 7) is 2.52. The van der Waals surface area contributed by atoms with Crippen molar-refractivity contribution < 1.29 is 19.1 Å². The van der Waals surface area contributed by atoms with E-state index in [9.17, 15) is 9.59 Å². The van der Waals surface area contributed by atoms with Crippen LogP contribution in [0.4, 0.5) is 4.79 Å². The Morgan fingerprint density at radius 1 is 1.11 bits per heavy atom. The number of ether oxygens (including phenoxy) is 2. The Morgan fingerprint density at radius 3 is 2.43 bits per heavy atom. The number of amides is 2. The highest BCUT2D eigenvalue weighted by molar-refractivity contribution is 9.10. The molecule has 2 aromatic rings. The third-order valence-electron chi connectivity index (χ3n) is 4.07. The van der Waals surface area contributed by atoms with Crippen LogP contribution in [0.25, 0.3) is 6.08 Å². The number of likely N-dealkylation sites (N-methyl/N-ethyl adjacent to an activating group) is 1. The summed E-state index contributed by atoms with van der Waals surface area (Å²) in [7, 11) is 1.56. The summed E-state index contributed by atoms with van der Waals surface area (Å²) in [4.78, 5) is 25.8. The van der Waals surface area contributed by atoms with E-state index in [0.29, 0.717) is 29.6 Å². The molecule has 0 unspecified atom stereocenters. The molecule has 0 atom stereocenters. The van der Waals surface area contributed by atoms with E-state index in [1.54, 1.807) is 32.2 Å². The molecule has 0 saturated carbocycles. The zero-order chi connectivity index (χ0) is 20.3. The molecular formula is C20H17Br2NO4S. The van der Waals surface area contributed by atoms with Gasteiger partial charge >= 0.3 is 0 Å². The zero-order valence-corrected chi connectivity index (χ0v) is 19.2. The number of carbonyl (C=O) groups is 2. The SMILES string of the molecule is CCN1C(=O)S/C(=C/c2cc(OC)c(OCc3ccc(Br)cc3)cc2Br)C1=O. The van der Waals surface area contributed by atoms with Crippen molar-refractivity contribution in [2.75, 3.05) is 13.7 Å². The number of benzene rings is 2. The Labute approximate surface area is 184 Å². The minimum Gasteiger partial charge on any atom is -0.493 e.